The highest BCUT2D eigenvalue weighted by Crippen LogP contribution is 2.35. The van der Waals surface area contributed by atoms with Crippen molar-refractivity contribution < 1.29 is 18.9 Å². The van der Waals surface area contributed by atoms with Crippen LogP contribution in [0, 0.1) is 11.3 Å². The lowest BCUT2D eigenvalue weighted by Gasteiger charge is -2.08. The Labute approximate surface area is 171 Å². The van der Waals surface area contributed by atoms with Crippen molar-refractivity contribution in [1.29, 1.82) is 5.26 Å². The average molecular weight is 407 g/mol. The maximum Gasteiger partial charge on any atom is 0.231 e. The summed E-state index contributed by atoms with van der Waals surface area (Å²) in [6.07, 6.45) is 1.63. The van der Waals surface area contributed by atoms with E-state index in [2.05, 4.69) is 16.4 Å². The molecule has 1 aliphatic rings. The van der Waals surface area contributed by atoms with Crippen LogP contribution in [0.4, 0.5) is 5.69 Å². The summed E-state index contributed by atoms with van der Waals surface area (Å²) >= 11 is 1.40. The van der Waals surface area contributed by atoms with Gasteiger partial charge in [-0.1, -0.05) is 0 Å². The number of nitrogens with one attached hydrogen (secondary N) is 1. The highest BCUT2D eigenvalue weighted by molar-refractivity contribution is 7.11. The maximum absolute atomic E-state index is 9.57. The van der Waals surface area contributed by atoms with Crippen LogP contribution in [0.3, 0.4) is 0 Å². The molecular formula is C21H17N3O4S. The van der Waals surface area contributed by atoms with Crippen molar-refractivity contribution in [2.75, 3.05) is 26.3 Å². The van der Waals surface area contributed by atoms with Gasteiger partial charge in [0.25, 0.3) is 0 Å². The number of hydrogen-bond donors (Lipinski definition) is 1. The normalized spacial score (nSPS) is 12.4. The van der Waals surface area contributed by atoms with Crippen LogP contribution in [-0.2, 0) is 0 Å². The second kappa shape index (κ2) is 8.12. The number of benzene rings is 2. The summed E-state index contributed by atoms with van der Waals surface area (Å²) in [5, 5.41) is 15.2. The van der Waals surface area contributed by atoms with Crippen LogP contribution in [0.1, 0.15) is 5.01 Å². The highest BCUT2D eigenvalue weighted by Gasteiger charge is 2.14. The molecule has 1 N–H and O–H groups in total. The zero-order valence-corrected chi connectivity index (χ0v) is 16.6. The molecule has 29 heavy (non-hydrogen) atoms. The molecular weight excluding hydrogens is 390 g/mol. The van der Waals surface area contributed by atoms with E-state index in [0.717, 1.165) is 16.9 Å². The SMILES string of the molecule is COc1ccc(-c2csc(C(C#N)=CNc3ccc4c(c3)OCO4)n2)cc1OC. The first-order valence-corrected chi connectivity index (χ1v) is 9.54. The molecule has 0 spiro atoms. The van der Waals surface area contributed by atoms with Gasteiger partial charge >= 0.3 is 0 Å². The fraction of sp³-hybridized carbons (Fsp3) is 0.143. The first-order chi connectivity index (χ1) is 14.2. The van der Waals surface area contributed by atoms with Crippen LogP contribution < -0.4 is 24.3 Å². The summed E-state index contributed by atoms with van der Waals surface area (Å²) in [6, 6.07) is 13.3. The Kier molecular flexibility index (Phi) is 5.22. The molecule has 0 fully saturated rings. The second-order valence-electron chi connectivity index (χ2n) is 5.99. The molecule has 0 bridgehead atoms. The lowest BCUT2D eigenvalue weighted by atomic mass is 10.1. The van der Waals surface area contributed by atoms with Crippen molar-refractivity contribution in [2.24, 2.45) is 0 Å². The van der Waals surface area contributed by atoms with E-state index < -0.39 is 0 Å². The molecule has 7 nitrogen and oxygen atoms in total. The summed E-state index contributed by atoms with van der Waals surface area (Å²) in [6.45, 7) is 0.218. The van der Waals surface area contributed by atoms with Crippen molar-refractivity contribution in [3.63, 3.8) is 0 Å². The van der Waals surface area contributed by atoms with E-state index in [-0.39, 0.29) is 6.79 Å². The van der Waals surface area contributed by atoms with Gasteiger partial charge in [0, 0.05) is 28.9 Å². The van der Waals surface area contributed by atoms with Crippen molar-refractivity contribution in [1.82, 2.24) is 4.98 Å². The first kappa shape index (κ1) is 18.7. The van der Waals surface area contributed by atoms with Crippen molar-refractivity contribution >= 4 is 22.6 Å². The predicted octanol–water partition coefficient (Wildman–Crippen LogP) is 4.53. The molecule has 8 heteroatoms. The molecule has 0 unspecified atom stereocenters. The van der Waals surface area contributed by atoms with Crippen LogP contribution in [0.25, 0.3) is 16.8 Å². The Bertz CT molecular complexity index is 1120. The van der Waals surface area contributed by atoms with Gasteiger partial charge in [-0.2, -0.15) is 5.26 Å². The van der Waals surface area contributed by atoms with Crippen molar-refractivity contribution in [3.05, 3.63) is 53.0 Å². The van der Waals surface area contributed by atoms with Crippen LogP contribution in [0.2, 0.25) is 0 Å². The summed E-state index contributed by atoms with van der Waals surface area (Å²) in [5.74, 6) is 2.66. The molecule has 3 aromatic rings. The van der Waals surface area contributed by atoms with Gasteiger partial charge in [-0.05, 0) is 30.3 Å². The van der Waals surface area contributed by atoms with Gasteiger partial charge in [-0.25, -0.2) is 4.98 Å². The van der Waals surface area contributed by atoms with E-state index in [1.807, 2.05) is 41.8 Å². The number of fused-ring (bicyclic) bond motifs is 1. The molecule has 0 aliphatic carbocycles. The Balaban J connectivity index is 1.56. The largest absolute Gasteiger partial charge is 0.493 e. The summed E-state index contributed by atoms with van der Waals surface area (Å²) in [7, 11) is 3.18. The van der Waals surface area contributed by atoms with E-state index in [1.165, 1.54) is 11.3 Å². The number of nitriles is 1. The van der Waals surface area contributed by atoms with Gasteiger partial charge in [0.15, 0.2) is 23.0 Å². The zero-order valence-electron chi connectivity index (χ0n) is 15.8. The number of methoxy groups -OCH3 is 2. The second-order valence-corrected chi connectivity index (χ2v) is 6.85. The molecule has 146 valence electrons. The van der Waals surface area contributed by atoms with Crippen molar-refractivity contribution in [3.8, 4) is 40.3 Å². The van der Waals surface area contributed by atoms with E-state index in [4.69, 9.17) is 18.9 Å². The monoisotopic (exact) mass is 407 g/mol. The zero-order chi connectivity index (χ0) is 20.2. The van der Waals surface area contributed by atoms with E-state index >= 15 is 0 Å². The smallest absolute Gasteiger partial charge is 0.231 e. The standard InChI is InChI=1S/C21H17N3O4S/c1-25-17-5-3-13(7-19(17)26-2)16-11-29-21(24-16)14(9-22)10-23-15-4-6-18-20(8-15)28-12-27-18/h3-8,10-11,23H,12H2,1-2H3. The van der Waals surface area contributed by atoms with Crippen LogP contribution in [0.15, 0.2) is 48.0 Å². The predicted molar refractivity (Wildman–Crippen MR) is 110 cm³/mol. The van der Waals surface area contributed by atoms with Crippen molar-refractivity contribution in [2.45, 2.75) is 0 Å². The minimum absolute atomic E-state index is 0.218. The fourth-order valence-corrected chi connectivity index (χ4v) is 3.60. The molecule has 0 amide bonds. The van der Waals surface area contributed by atoms with Gasteiger partial charge in [0.05, 0.1) is 19.9 Å². The fourth-order valence-electron chi connectivity index (χ4n) is 2.81. The molecule has 0 saturated heterocycles. The summed E-state index contributed by atoms with van der Waals surface area (Å²) < 4.78 is 21.3. The number of anilines is 1. The van der Waals surface area contributed by atoms with Gasteiger partial charge in [0.2, 0.25) is 6.79 Å². The molecule has 1 aliphatic heterocycles. The molecule has 1 aromatic heterocycles. The minimum Gasteiger partial charge on any atom is -0.493 e. The van der Waals surface area contributed by atoms with Gasteiger partial charge in [-0.3, -0.25) is 0 Å². The Morgan fingerprint density at radius 1 is 1.14 bits per heavy atom. The van der Waals surface area contributed by atoms with E-state index in [1.54, 1.807) is 20.4 Å². The minimum atomic E-state index is 0.218. The maximum atomic E-state index is 9.57. The third kappa shape index (κ3) is 3.81. The van der Waals surface area contributed by atoms with Gasteiger partial charge < -0.3 is 24.3 Å². The van der Waals surface area contributed by atoms with Crippen LogP contribution >= 0.6 is 11.3 Å². The Hall–Kier alpha value is -3.70. The number of ether oxygens (including phenoxy) is 4. The first-order valence-electron chi connectivity index (χ1n) is 8.66. The molecule has 0 atom stereocenters. The Morgan fingerprint density at radius 2 is 1.97 bits per heavy atom. The summed E-state index contributed by atoms with van der Waals surface area (Å²) in [5.41, 5.74) is 2.86. The lowest BCUT2D eigenvalue weighted by molar-refractivity contribution is 0.174. The third-order valence-electron chi connectivity index (χ3n) is 4.29. The lowest BCUT2D eigenvalue weighted by Crippen LogP contribution is -1.93. The number of nitrogens with zero attached hydrogens (tertiary/aromatic N) is 2. The molecule has 2 aromatic carbocycles. The number of rotatable bonds is 6. The topological polar surface area (TPSA) is 85.6 Å². The molecule has 2 heterocycles. The number of thiazole rings is 1. The quantitative estimate of drug-likeness (QED) is 0.601. The van der Waals surface area contributed by atoms with E-state index in [9.17, 15) is 5.26 Å². The number of hydrogen-bond acceptors (Lipinski definition) is 8. The third-order valence-corrected chi connectivity index (χ3v) is 5.17. The van der Waals surface area contributed by atoms with Crippen LogP contribution in [0.5, 0.6) is 23.0 Å². The molecule has 0 saturated carbocycles. The van der Waals surface area contributed by atoms with Gasteiger partial charge in [0.1, 0.15) is 16.6 Å². The highest BCUT2D eigenvalue weighted by atomic mass is 32.1. The molecule has 0 radical (unpaired) electrons. The average Bonchev–Trinajstić information content (AvgIpc) is 3.43. The molecule has 4 rings (SSSR count). The van der Waals surface area contributed by atoms with Gasteiger partial charge in [-0.15, -0.1) is 11.3 Å². The summed E-state index contributed by atoms with van der Waals surface area (Å²) in [4.78, 5) is 4.60. The number of aromatic nitrogens is 1. The number of allylic oxidation sites excluding steroid dienone is 1. The van der Waals surface area contributed by atoms with Crippen LogP contribution in [-0.4, -0.2) is 26.0 Å². The van der Waals surface area contributed by atoms with E-state index in [0.29, 0.717) is 33.6 Å². The Morgan fingerprint density at radius 3 is 2.76 bits per heavy atom.